The van der Waals surface area contributed by atoms with Gasteiger partial charge in [0.15, 0.2) is 5.11 Å². The summed E-state index contributed by atoms with van der Waals surface area (Å²) in [5.41, 5.74) is 2.00. The predicted molar refractivity (Wildman–Crippen MR) is 136 cm³/mol. The van der Waals surface area contributed by atoms with Crippen LogP contribution in [-0.2, 0) is 9.59 Å². The number of thiocarbonyl (C=S) groups is 1. The van der Waals surface area contributed by atoms with Crippen LogP contribution in [0.2, 0.25) is 0 Å². The fraction of sp³-hybridized carbons (Fsp3) is 0.115. The van der Waals surface area contributed by atoms with Gasteiger partial charge in [0.2, 0.25) is 0 Å². The summed E-state index contributed by atoms with van der Waals surface area (Å²) < 4.78 is 11.3. The van der Waals surface area contributed by atoms with Crippen molar-refractivity contribution in [3.8, 4) is 17.2 Å². The van der Waals surface area contributed by atoms with Crippen LogP contribution in [0.4, 0.5) is 11.4 Å². The van der Waals surface area contributed by atoms with E-state index in [1.54, 1.807) is 37.4 Å². The fourth-order valence-electron chi connectivity index (χ4n) is 3.43. The van der Waals surface area contributed by atoms with Crippen molar-refractivity contribution in [3.63, 3.8) is 0 Å². The van der Waals surface area contributed by atoms with Gasteiger partial charge in [-0.15, -0.1) is 0 Å². The number of ether oxygens (including phenoxy) is 2. The van der Waals surface area contributed by atoms with Crippen LogP contribution in [0.3, 0.4) is 0 Å². The molecular weight excluding hydrogens is 450 g/mol. The standard InChI is InChI=1S/C26H23N3O4S/c1-28(2)19-10-9-17(23(16-19)32-3)15-22-24(30)27-26(34)29(25(22)31)18-11-13-21(14-12-18)33-20-7-5-4-6-8-20/h4-16H,1-3H3,(H,27,30,34). The Morgan fingerprint density at radius 2 is 1.62 bits per heavy atom. The molecule has 3 aromatic carbocycles. The van der Waals surface area contributed by atoms with E-state index in [1.807, 2.05) is 61.5 Å². The molecule has 8 heteroatoms. The summed E-state index contributed by atoms with van der Waals surface area (Å²) in [6.07, 6.45) is 1.51. The van der Waals surface area contributed by atoms with Gasteiger partial charge in [-0.25, -0.2) is 0 Å². The van der Waals surface area contributed by atoms with E-state index in [9.17, 15) is 9.59 Å². The highest BCUT2D eigenvalue weighted by atomic mass is 32.1. The molecule has 1 fully saturated rings. The lowest BCUT2D eigenvalue weighted by molar-refractivity contribution is -0.122. The first kappa shape index (κ1) is 23.0. The number of anilines is 2. The van der Waals surface area contributed by atoms with E-state index in [4.69, 9.17) is 21.7 Å². The van der Waals surface area contributed by atoms with Crippen molar-refractivity contribution in [3.05, 3.63) is 83.9 Å². The van der Waals surface area contributed by atoms with Gasteiger partial charge in [0.25, 0.3) is 11.8 Å². The van der Waals surface area contributed by atoms with Gasteiger partial charge in [0.05, 0.1) is 12.8 Å². The van der Waals surface area contributed by atoms with Gasteiger partial charge in [-0.3, -0.25) is 19.8 Å². The number of hydrogen-bond donors (Lipinski definition) is 1. The molecule has 0 saturated carbocycles. The fourth-order valence-corrected chi connectivity index (χ4v) is 3.71. The van der Waals surface area contributed by atoms with Gasteiger partial charge < -0.3 is 14.4 Å². The van der Waals surface area contributed by atoms with E-state index >= 15 is 0 Å². The van der Waals surface area contributed by atoms with E-state index in [0.717, 1.165) is 5.69 Å². The second-order valence-corrected chi connectivity index (χ2v) is 8.07. The third kappa shape index (κ3) is 4.77. The smallest absolute Gasteiger partial charge is 0.270 e. The van der Waals surface area contributed by atoms with Crippen molar-refractivity contribution in [1.82, 2.24) is 5.32 Å². The number of methoxy groups -OCH3 is 1. The molecule has 0 radical (unpaired) electrons. The zero-order valence-corrected chi connectivity index (χ0v) is 19.8. The van der Waals surface area contributed by atoms with E-state index in [2.05, 4.69) is 5.32 Å². The highest BCUT2D eigenvalue weighted by Crippen LogP contribution is 2.30. The number of nitrogens with one attached hydrogen (secondary N) is 1. The van der Waals surface area contributed by atoms with Crippen LogP contribution in [-0.4, -0.2) is 38.1 Å². The van der Waals surface area contributed by atoms with Crippen LogP contribution in [0, 0.1) is 0 Å². The molecule has 0 aliphatic carbocycles. The molecule has 1 aliphatic rings. The summed E-state index contributed by atoms with van der Waals surface area (Å²) in [7, 11) is 5.38. The first-order valence-electron chi connectivity index (χ1n) is 10.5. The van der Waals surface area contributed by atoms with Crippen LogP contribution >= 0.6 is 12.2 Å². The number of hydrogen-bond acceptors (Lipinski definition) is 6. The lowest BCUT2D eigenvalue weighted by atomic mass is 10.1. The Bertz CT molecular complexity index is 1270. The molecule has 1 heterocycles. The van der Waals surface area contributed by atoms with Crippen LogP contribution in [0.25, 0.3) is 6.08 Å². The number of rotatable bonds is 6. The largest absolute Gasteiger partial charge is 0.496 e. The average molecular weight is 474 g/mol. The summed E-state index contributed by atoms with van der Waals surface area (Å²) in [6, 6.07) is 21.8. The molecule has 1 saturated heterocycles. The lowest BCUT2D eigenvalue weighted by Crippen LogP contribution is -2.54. The van der Waals surface area contributed by atoms with Gasteiger partial charge in [0.1, 0.15) is 22.8 Å². The van der Waals surface area contributed by atoms with Crippen molar-refractivity contribution in [2.24, 2.45) is 0 Å². The Morgan fingerprint density at radius 1 is 0.941 bits per heavy atom. The summed E-state index contributed by atoms with van der Waals surface area (Å²) in [5, 5.41) is 2.61. The molecule has 0 bridgehead atoms. The molecule has 0 unspecified atom stereocenters. The predicted octanol–water partition coefficient (Wildman–Crippen LogP) is 4.38. The second-order valence-electron chi connectivity index (χ2n) is 7.69. The molecule has 0 spiro atoms. The monoisotopic (exact) mass is 473 g/mol. The Hall–Kier alpha value is -4.17. The minimum atomic E-state index is -0.561. The molecule has 0 atom stereocenters. The van der Waals surface area contributed by atoms with E-state index in [1.165, 1.54) is 11.0 Å². The normalized spacial score (nSPS) is 14.7. The minimum absolute atomic E-state index is 0.0128. The SMILES string of the molecule is COc1cc(N(C)C)ccc1C=C1C(=O)NC(=S)N(c2ccc(Oc3ccccc3)cc2)C1=O. The Morgan fingerprint density at radius 3 is 2.26 bits per heavy atom. The van der Waals surface area contributed by atoms with Crippen LogP contribution < -0.4 is 24.6 Å². The molecule has 0 aromatic heterocycles. The average Bonchev–Trinajstić information content (AvgIpc) is 2.83. The second kappa shape index (κ2) is 9.76. The minimum Gasteiger partial charge on any atom is -0.496 e. The molecule has 34 heavy (non-hydrogen) atoms. The lowest BCUT2D eigenvalue weighted by Gasteiger charge is -2.29. The van der Waals surface area contributed by atoms with Gasteiger partial charge in [-0.1, -0.05) is 18.2 Å². The molecule has 1 aliphatic heterocycles. The van der Waals surface area contributed by atoms with Crippen LogP contribution in [0.1, 0.15) is 5.56 Å². The maximum Gasteiger partial charge on any atom is 0.270 e. The van der Waals surface area contributed by atoms with Crippen molar-refractivity contribution < 1.29 is 19.1 Å². The first-order valence-corrected chi connectivity index (χ1v) is 10.9. The Kier molecular flexibility index (Phi) is 6.60. The van der Waals surface area contributed by atoms with Crippen LogP contribution in [0.15, 0.2) is 78.4 Å². The summed E-state index contributed by atoms with van der Waals surface area (Å²) >= 11 is 5.30. The zero-order valence-electron chi connectivity index (χ0n) is 18.9. The van der Waals surface area contributed by atoms with Gasteiger partial charge >= 0.3 is 0 Å². The van der Waals surface area contributed by atoms with E-state index < -0.39 is 11.8 Å². The van der Waals surface area contributed by atoms with Gasteiger partial charge in [-0.2, -0.15) is 0 Å². The van der Waals surface area contributed by atoms with Crippen molar-refractivity contribution in [2.75, 3.05) is 31.0 Å². The van der Waals surface area contributed by atoms with Crippen molar-refractivity contribution in [2.45, 2.75) is 0 Å². The van der Waals surface area contributed by atoms with Gasteiger partial charge in [-0.05, 0) is 66.8 Å². The number of para-hydroxylation sites is 1. The maximum absolute atomic E-state index is 13.3. The molecule has 3 aromatic rings. The third-order valence-corrected chi connectivity index (χ3v) is 5.49. The molecular formula is C26H23N3O4S. The quantitative estimate of drug-likeness (QED) is 0.325. The molecule has 7 nitrogen and oxygen atoms in total. The Labute approximate surface area is 203 Å². The molecule has 4 rings (SSSR count). The molecule has 2 amide bonds. The number of benzene rings is 3. The van der Waals surface area contributed by atoms with Crippen molar-refractivity contribution >= 4 is 46.6 Å². The number of carbonyl (C=O) groups excluding carboxylic acids is 2. The van der Waals surface area contributed by atoms with Crippen LogP contribution in [0.5, 0.6) is 17.2 Å². The molecule has 172 valence electrons. The van der Waals surface area contributed by atoms with E-state index in [-0.39, 0.29) is 10.7 Å². The summed E-state index contributed by atoms with van der Waals surface area (Å²) in [5.74, 6) is 0.766. The first-order chi connectivity index (χ1) is 16.4. The topological polar surface area (TPSA) is 71.1 Å². The number of amides is 2. The number of carbonyl (C=O) groups is 2. The van der Waals surface area contributed by atoms with E-state index in [0.29, 0.717) is 28.5 Å². The highest BCUT2D eigenvalue weighted by molar-refractivity contribution is 7.80. The zero-order chi connectivity index (χ0) is 24.2. The Balaban J connectivity index is 1.62. The summed E-state index contributed by atoms with van der Waals surface area (Å²) in [6.45, 7) is 0. The summed E-state index contributed by atoms with van der Waals surface area (Å²) in [4.78, 5) is 29.2. The highest BCUT2D eigenvalue weighted by Gasteiger charge is 2.34. The maximum atomic E-state index is 13.3. The van der Waals surface area contributed by atoms with Gasteiger partial charge in [0, 0.05) is 31.4 Å². The third-order valence-electron chi connectivity index (χ3n) is 5.21. The molecule has 1 N–H and O–H groups in total. The number of nitrogens with zero attached hydrogens (tertiary/aromatic N) is 2. The van der Waals surface area contributed by atoms with Crippen molar-refractivity contribution in [1.29, 1.82) is 0 Å².